The van der Waals surface area contributed by atoms with Crippen LogP contribution in [0.3, 0.4) is 0 Å². The van der Waals surface area contributed by atoms with E-state index in [4.69, 9.17) is 4.74 Å². The molecule has 4 rings (SSSR count). The second kappa shape index (κ2) is 8.74. The van der Waals surface area contributed by atoms with Gasteiger partial charge in [0.15, 0.2) is 0 Å². The molecule has 0 bridgehead atoms. The van der Waals surface area contributed by atoms with Crippen molar-refractivity contribution in [2.75, 3.05) is 13.2 Å². The first kappa shape index (κ1) is 22.6. The number of nitrogens with zero attached hydrogens (tertiary/aromatic N) is 3. The Balaban J connectivity index is 1.52. The number of carbonyl (C=O) groups excluding carboxylic acids is 1. The predicted molar refractivity (Wildman–Crippen MR) is 110 cm³/mol. The summed E-state index contributed by atoms with van der Waals surface area (Å²) in [6.45, 7) is 2.90. The van der Waals surface area contributed by atoms with Crippen molar-refractivity contribution in [3.63, 3.8) is 0 Å². The molecule has 1 aliphatic carbocycles. The number of amides is 1. The van der Waals surface area contributed by atoms with Crippen LogP contribution in [-0.4, -0.2) is 41.0 Å². The lowest BCUT2D eigenvalue weighted by atomic mass is 9.73. The van der Waals surface area contributed by atoms with Gasteiger partial charge in [-0.25, -0.2) is 0 Å². The molecule has 1 saturated carbocycles. The van der Waals surface area contributed by atoms with Gasteiger partial charge in [0.25, 0.3) is 0 Å². The van der Waals surface area contributed by atoms with Crippen LogP contribution in [0, 0.1) is 22.7 Å². The third-order valence-electron chi connectivity index (χ3n) is 7.06. The van der Waals surface area contributed by atoms with Gasteiger partial charge >= 0.3 is 6.18 Å². The molecule has 1 aromatic heterocycles. The van der Waals surface area contributed by atoms with Crippen LogP contribution in [0.5, 0.6) is 0 Å². The van der Waals surface area contributed by atoms with Crippen LogP contribution in [0.25, 0.3) is 0 Å². The maximum absolute atomic E-state index is 13.7. The van der Waals surface area contributed by atoms with Crippen LogP contribution in [0.1, 0.15) is 49.4 Å². The molecule has 0 radical (unpaired) electrons. The number of pyridine rings is 1. The molecular weight excluding hydrogens is 421 g/mol. The Morgan fingerprint density at radius 3 is 2.94 bits per heavy atom. The fraction of sp³-hybridized carbons (Fsp3) is 0.609. The summed E-state index contributed by atoms with van der Waals surface area (Å²) in [6, 6.07) is 3.63. The molecule has 4 atom stereocenters. The predicted octanol–water partition coefficient (Wildman–Crippen LogP) is 3.58. The number of carbonyl (C=O) groups is 1. The van der Waals surface area contributed by atoms with Crippen molar-refractivity contribution in [3.8, 4) is 6.07 Å². The first-order valence-corrected chi connectivity index (χ1v) is 11.0. The first-order chi connectivity index (χ1) is 15.2. The first-order valence-electron chi connectivity index (χ1n) is 11.0. The molecule has 1 aromatic rings. The number of nitriles is 1. The molecule has 1 N–H and O–H groups in total. The maximum atomic E-state index is 13.7. The SMILES string of the molecule is CC(C#N)[C@]1(C(=O)N2CCc3ncc(C(F)(F)F)cc3C2)CC[C@@H](NC2C=COCC2)C1. The van der Waals surface area contributed by atoms with Gasteiger partial charge in [-0.15, -0.1) is 0 Å². The molecule has 0 saturated heterocycles. The Labute approximate surface area is 185 Å². The average molecular weight is 448 g/mol. The van der Waals surface area contributed by atoms with E-state index in [2.05, 4.69) is 16.4 Å². The average Bonchev–Trinajstić information content (AvgIpc) is 3.22. The van der Waals surface area contributed by atoms with Crippen molar-refractivity contribution >= 4 is 5.91 Å². The second-order valence-corrected chi connectivity index (χ2v) is 9.01. The third kappa shape index (κ3) is 4.33. The Morgan fingerprint density at radius 2 is 2.25 bits per heavy atom. The summed E-state index contributed by atoms with van der Waals surface area (Å²) in [5, 5.41) is 13.3. The quantitative estimate of drug-likeness (QED) is 0.762. The van der Waals surface area contributed by atoms with E-state index in [1.54, 1.807) is 18.1 Å². The van der Waals surface area contributed by atoms with Gasteiger partial charge < -0.3 is 15.0 Å². The van der Waals surface area contributed by atoms with Crippen LogP contribution in [-0.2, 0) is 28.7 Å². The summed E-state index contributed by atoms with van der Waals surface area (Å²) in [5.74, 6) is -0.630. The van der Waals surface area contributed by atoms with Gasteiger partial charge in [0.1, 0.15) is 0 Å². The summed E-state index contributed by atoms with van der Waals surface area (Å²) in [6.07, 6.45) is 3.16. The van der Waals surface area contributed by atoms with Gasteiger partial charge in [-0.2, -0.15) is 18.4 Å². The summed E-state index contributed by atoms with van der Waals surface area (Å²) < 4.78 is 44.6. The van der Waals surface area contributed by atoms with E-state index >= 15 is 0 Å². The number of aromatic nitrogens is 1. The van der Waals surface area contributed by atoms with E-state index in [9.17, 15) is 23.2 Å². The van der Waals surface area contributed by atoms with E-state index < -0.39 is 23.1 Å². The van der Waals surface area contributed by atoms with E-state index in [-0.39, 0.29) is 24.5 Å². The van der Waals surface area contributed by atoms with Crippen LogP contribution < -0.4 is 5.32 Å². The van der Waals surface area contributed by atoms with Crippen molar-refractivity contribution in [1.82, 2.24) is 15.2 Å². The Morgan fingerprint density at radius 1 is 1.44 bits per heavy atom. The van der Waals surface area contributed by atoms with Crippen molar-refractivity contribution in [1.29, 1.82) is 5.26 Å². The van der Waals surface area contributed by atoms with E-state index in [1.165, 1.54) is 0 Å². The fourth-order valence-corrected chi connectivity index (χ4v) is 5.13. The molecule has 3 aliphatic rings. The Hall–Kier alpha value is -2.60. The van der Waals surface area contributed by atoms with Crippen molar-refractivity contribution < 1.29 is 22.7 Å². The van der Waals surface area contributed by atoms with E-state index in [0.717, 1.165) is 25.1 Å². The number of halogens is 3. The molecule has 2 aliphatic heterocycles. The largest absolute Gasteiger partial charge is 0.501 e. The molecule has 1 fully saturated rings. The minimum Gasteiger partial charge on any atom is -0.501 e. The summed E-state index contributed by atoms with van der Waals surface area (Å²) in [7, 11) is 0. The molecular formula is C23H27F3N4O2. The number of rotatable bonds is 4. The molecule has 0 aromatic carbocycles. The van der Waals surface area contributed by atoms with Crippen molar-refractivity contribution in [2.24, 2.45) is 11.3 Å². The molecule has 2 unspecified atom stereocenters. The Kier molecular flexibility index (Phi) is 6.17. The number of fused-ring (bicyclic) bond motifs is 1. The van der Waals surface area contributed by atoms with E-state index in [0.29, 0.717) is 43.7 Å². The summed E-state index contributed by atoms with van der Waals surface area (Å²) in [4.78, 5) is 19.3. The number of alkyl halides is 3. The minimum absolute atomic E-state index is 0.0891. The normalized spacial score (nSPS) is 28.5. The molecule has 172 valence electrons. The standard InChI is InChI=1S/C23H27F3N4O2/c1-15(12-27)22(6-2-19(11-22)29-18-4-8-32-9-5-18)21(31)30-7-3-20-16(14-30)10-17(13-28-20)23(24,25)26/h4,8,10,13,15,18-19,29H,2-3,5-7,9,11,14H2,1H3/t15?,18?,19-,22+/m1/s1. The van der Waals surface area contributed by atoms with Gasteiger partial charge in [-0.05, 0) is 43.9 Å². The molecule has 0 spiro atoms. The highest BCUT2D eigenvalue weighted by Crippen LogP contribution is 2.46. The zero-order valence-corrected chi connectivity index (χ0v) is 18.0. The molecule has 32 heavy (non-hydrogen) atoms. The van der Waals surface area contributed by atoms with Crippen molar-refractivity contribution in [2.45, 2.75) is 63.8 Å². The minimum atomic E-state index is -4.48. The lowest BCUT2D eigenvalue weighted by Crippen LogP contribution is -2.49. The highest BCUT2D eigenvalue weighted by Gasteiger charge is 2.51. The van der Waals surface area contributed by atoms with E-state index in [1.807, 2.05) is 6.08 Å². The van der Waals surface area contributed by atoms with Gasteiger partial charge in [-0.1, -0.05) is 0 Å². The van der Waals surface area contributed by atoms with Crippen LogP contribution in [0.4, 0.5) is 13.2 Å². The molecule has 1 amide bonds. The maximum Gasteiger partial charge on any atom is 0.417 e. The smallest absolute Gasteiger partial charge is 0.417 e. The topological polar surface area (TPSA) is 78.2 Å². The second-order valence-electron chi connectivity index (χ2n) is 9.01. The number of hydrogen-bond acceptors (Lipinski definition) is 5. The highest BCUT2D eigenvalue weighted by atomic mass is 19.4. The fourth-order valence-electron chi connectivity index (χ4n) is 5.13. The monoisotopic (exact) mass is 448 g/mol. The molecule has 3 heterocycles. The van der Waals surface area contributed by atoms with Gasteiger partial charge in [0, 0.05) is 49.9 Å². The summed E-state index contributed by atoms with van der Waals surface area (Å²) in [5.41, 5.74) is -0.616. The number of hydrogen-bond donors (Lipinski definition) is 1. The molecule has 6 nitrogen and oxygen atoms in total. The van der Waals surface area contributed by atoms with Crippen molar-refractivity contribution in [3.05, 3.63) is 41.4 Å². The summed E-state index contributed by atoms with van der Waals surface area (Å²) >= 11 is 0. The number of nitrogens with one attached hydrogen (secondary N) is 1. The van der Waals surface area contributed by atoms with Gasteiger partial charge in [0.05, 0.1) is 35.8 Å². The van der Waals surface area contributed by atoms with Gasteiger partial charge in [0.2, 0.25) is 5.91 Å². The Bertz CT molecular complexity index is 942. The number of ether oxygens (including phenoxy) is 1. The third-order valence-corrected chi connectivity index (χ3v) is 7.06. The zero-order chi connectivity index (χ0) is 22.9. The van der Waals surface area contributed by atoms with Crippen LogP contribution in [0.15, 0.2) is 24.6 Å². The highest BCUT2D eigenvalue weighted by molar-refractivity contribution is 5.84. The zero-order valence-electron chi connectivity index (χ0n) is 18.0. The lowest BCUT2D eigenvalue weighted by molar-refractivity contribution is -0.145. The van der Waals surface area contributed by atoms with Gasteiger partial charge in [-0.3, -0.25) is 9.78 Å². The van der Waals surface area contributed by atoms with Crippen LogP contribution >= 0.6 is 0 Å². The lowest BCUT2D eigenvalue weighted by Gasteiger charge is -2.38. The molecule has 9 heteroatoms. The van der Waals surface area contributed by atoms with Crippen LogP contribution in [0.2, 0.25) is 0 Å².